The largest absolute Gasteiger partial charge is 0.394 e. The van der Waals surface area contributed by atoms with Crippen molar-refractivity contribution in [2.75, 3.05) is 33.0 Å². The molecule has 25 atom stereocenters. The van der Waals surface area contributed by atoms with Gasteiger partial charge in [-0.1, -0.05) is 0 Å². The predicted octanol–water partition coefficient (Wildman–Crippen LogP) is -11.1. The highest BCUT2D eigenvalue weighted by Crippen LogP contribution is 2.35. The normalized spacial score (nSPS) is 48.4. The Morgan fingerprint density at radius 3 is 1.29 bits per heavy atom. The smallest absolute Gasteiger partial charge is 0.217 e. The van der Waals surface area contributed by atoms with Crippen LogP contribution in [0.5, 0.6) is 0 Å². The fraction of sp³-hybridized carbons (Fsp3) is 0.941. The zero-order chi connectivity index (χ0) is 46.6. The van der Waals surface area contributed by atoms with E-state index >= 15 is 0 Å². The van der Waals surface area contributed by atoms with E-state index in [4.69, 9.17) is 47.9 Å². The van der Waals surface area contributed by atoms with Gasteiger partial charge in [-0.05, 0) is 0 Å². The zero-order valence-electron chi connectivity index (χ0n) is 33.6. The highest BCUT2D eigenvalue weighted by Gasteiger charge is 2.56. The second-order valence-corrected chi connectivity index (χ2v) is 15.6. The summed E-state index contributed by atoms with van der Waals surface area (Å²) in [5.74, 6) is -1.49. The number of hydrogen-bond donors (Lipinski definition) is 17. The number of hydrogen-bond acceptors (Lipinski definition) is 27. The van der Waals surface area contributed by atoms with Gasteiger partial charge in [-0.15, -0.1) is 0 Å². The molecule has 5 aliphatic rings. The number of aliphatic hydroxyl groups excluding tert-OH is 14. The quantitative estimate of drug-likeness (QED) is 0.0505. The van der Waals surface area contributed by atoms with Gasteiger partial charge in [-0.3, -0.25) is 14.8 Å². The van der Waals surface area contributed by atoms with Gasteiger partial charge in [0.15, 0.2) is 31.5 Å². The van der Waals surface area contributed by atoms with Crippen molar-refractivity contribution in [2.45, 2.75) is 167 Å². The monoisotopic (exact) mass is 926 g/mol. The number of amides is 2. The second kappa shape index (κ2) is 22.6. The molecule has 0 bridgehead atoms. The van der Waals surface area contributed by atoms with Crippen LogP contribution in [0.2, 0.25) is 0 Å². The number of rotatable bonds is 16. The van der Waals surface area contributed by atoms with Crippen molar-refractivity contribution in [1.82, 2.24) is 10.6 Å². The number of carbonyl (C=O) groups is 2. The van der Waals surface area contributed by atoms with Gasteiger partial charge < -0.3 is 125 Å². The Morgan fingerprint density at radius 1 is 0.444 bits per heavy atom. The maximum absolute atomic E-state index is 12.0. The summed E-state index contributed by atoms with van der Waals surface area (Å²) in [5.41, 5.74) is 0. The molecule has 17 N–H and O–H groups in total. The van der Waals surface area contributed by atoms with Crippen LogP contribution in [0.25, 0.3) is 0 Å². The van der Waals surface area contributed by atoms with Crippen molar-refractivity contribution in [1.29, 1.82) is 0 Å². The molecule has 2 amide bonds. The maximum Gasteiger partial charge on any atom is 0.217 e. The molecule has 0 radical (unpaired) electrons. The fourth-order valence-corrected chi connectivity index (χ4v) is 7.75. The number of carbonyl (C=O) groups excluding carboxylic acids is 2. The van der Waals surface area contributed by atoms with Gasteiger partial charge >= 0.3 is 0 Å². The van der Waals surface area contributed by atoms with E-state index in [1.165, 1.54) is 0 Å². The van der Waals surface area contributed by atoms with Crippen LogP contribution >= 0.6 is 0 Å². The van der Waals surface area contributed by atoms with Crippen molar-refractivity contribution < 1.29 is 134 Å². The van der Waals surface area contributed by atoms with Crippen molar-refractivity contribution in [3.63, 3.8) is 0 Å². The standard InChI is InChI=1S/C34H58N2O27/c1-8(40)35-15-22(47)17(42)10(3-37)57-31(15)62-28-24(49)18(43)11(4-38)58-33(28)54-6-13-21(46)27(26(51)30(52)56-13)61-34-29(25(50)19(44)12(5-39)59-34)63-32-16(36-9(2)41)23(48)20(45)14(60-32)7-55-53/h10-34,37-39,42-53H,3-7H2,1-2H3,(H,35,40)(H,36,41)/t10-,11-,12-,13-,14-,15-,16-,17-,18-,19-,20-,21-,22-,23-,24+,25+,26+,27+,28+,29+,30+,31+,32+,33+,34-/m1/s1. The minimum Gasteiger partial charge on any atom is -0.394 e. The van der Waals surface area contributed by atoms with Gasteiger partial charge in [0.05, 0.1) is 26.4 Å². The summed E-state index contributed by atoms with van der Waals surface area (Å²) in [6, 6.07) is -3.16. The predicted molar refractivity (Wildman–Crippen MR) is 191 cm³/mol. The van der Waals surface area contributed by atoms with E-state index in [1.807, 2.05) is 0 Å². The van der Waals surface area contributed by atoms with Crippen LogP contribution < -0.4 is 10.6 Å². The topological polar surface area (TPSA) is 454 Å². The lowest BCUT2D eigenvalue weighted by Crippen LogP contribution is -2.69. The van der Waals surface area contributed by atoms with Crippen LogP contribution in [-0.2, 0) is 57.1 Å². The highest BCUT2D eigenvalue weighted by molar-refractivity contribution is 5.73. The van der Waals surface area contributed by atoms with Crippen LogP contribution in [0, 0.1) is 0 Å². The highest BCUT2D eigenvalue weighted by atomic mass is 17.1. The van der Waals surface area contributed by atoms with Gasteiger partial charge in [0.1, 0.15) is 129 Å². The molecule has 0 aromatic carbocycles. The van der Waals surface area contributed by atoms with E-state index < -0.39 is 198 Å². The molecule has 5 saturated heterocycles. The lowest BCUT2D eigenvalue weighted by atomic mass is 9.95. The molecule has 0 aromatic rings. The molecule has 29 heteroatoms. The van der Waals surface area contributed by atoms with Crippen LogP contribution in [0.1, 0.15) is 13.8 Å². The molecule has 5 rings (SSSR count). The summed E-state index contributed by atoms with van der Waals surface area (Å²) in [5, 5.41) is 163. The molecular weight excluding hydrogens is 868 g/mol. The maximum atomic E-state index is 12.0. The minimum atomic E-state index is -2.20. The number of nitrogens with one attached hydrogen (secondary N) is 2. The van der Waals surface area contributed by atoms with E-state index in [9.17, 15) is 81.1 Å². The second-order valence-electron chi connectivity index (χ2n) is 15.6. The van der Waals surface area contributed by atoms with Gasteiger partial charge in [-0.2, -0.15) is 0 Å². The lowest BCUT2D eigenvalue weighted by Gasteiger charge is -2.49. The first kappa shape index (κ1) is 51.9. The van der Waals surface area contributed by atoms with E-state index in [0.717, 1.165) is 13.8 Å². The van der Waals surface area contributed by atoms with Crippen LogP contribution in [0.3, 0.4) is 0 Å². The Kier molecular flexibility index (Phi) is 18.6. The first-order chi connectivity index (χ1) is 29.8. The van der Waals surface area contributed by atoms with Gasteiger partial charge in [0.2, 0.25) is 11.8 Å². The van der Waals surface area contributed by atoms with Crippen LogP contribution in [-0.4, -0.2) is 275 Å². The third-order valence-electron chi connectivity index (χ3n) is 11.2. The van der Waals surface area contributed by atoms with Crippen molar-refractivity contribution in [3.8, 4) is 0 Å². The van der Waals surface area contributed by atoms with Crippen molar-refractivity contribution >= 4 is 11.8 Å². The Labute approximate surface area is 356 Å². The molecule has 0 saturated carbocycles. The third kappa shape index (κ3) is 11.6. The van der Waals surface area contributed by atoms with E-state index in [0.29, 0.717) is 0 Å². The SMILES string of the molecule is CC(=O)N[C@H]1[C@H](O[C@@H]2[C@@H](OC[C@H]3O[C@H](O)[C@@H](O)[C@@H](O[C@H]4O[C@H](CO)[C@@H](O)[C@H](O)[C@@H]4O[C@@H]4O[C@H](COO)[C@@H](O)[C@H](O)[C@H]4NC(C)=O)[C@@H]3O)O[C@H](CO)[C@@H](O)[C@@H]2O)O[C@H](CO)[C@@H](O)[C@@H]1O. The Balaban J connectivity index is 1.37. The molecule has 0 aliphatic carbocycles. The summed E-state index contributed by atoms with van der Waals surface area (Å²) < 4.78 is 51.0. The molecule has 366 valence electrons. The summed E-state index contributed by atoms with van der Waals surface area (Å²) in [6.45, 7) is -2.20. The summed E-state index contributed by atoms with van der Waals surface area (Å²) in [7, 11) is 0. The van der Waals surface area contributed by atoms with Gasteiger partial charge in [0.25, 0.3) is 0 Å². The number of ether oxygens (including phenoxy) is 9. The first-order valence-electron chi connectivity index (χ1n) is 19.7. The van der Waals surface area contributed by atoms with Crippen LogP contribution in [0.4, 0.5) is 0 Å². The molecule has 5 heterocycles. The van der Waals surface area contributed by atoms with E-state index in [2.05, 4.69) is 15.5 Å². The molecule has 0 spiro atoms. The Bertz CT molecular complexity index is 1460. The molecule has 5 fully saturated rings. The molecule has 29 nitrogen and oxygen atoms in total. The summed E-state index contributed by atoms with van der Waals surface area (Å²) in [6.07, 6.45) is -42.7. The van der Waals surface area contributed by atoms with Gasteiger partial charge in [-0.25, -0.2) is 4.89 Å². The fourth-order valence-electron chi connectivity index (χ4n) is 7.75. The average molecular weight is 927 g/mol. The lowest BCUT2D eigenvalue weighted by molar-refractivity contribution is -0.387. The van der Waals surface area contributed by atoms with Crippen molar-refractivity contribution in [2.24, 2.45) is 0 Å². The molecular formula is C34H58N2O27. The molecule has 0 unspecified atom stereocenters. The Morgan fingerprint density at radius 2 is 0.825 bits per heavy atom. The van der Waals surface area contributed by atoms with E-state index in [-0.39, 0.29) is 0 Å². The summed E-state index contributed by atoms with van der Waals surface area (Å²) >= 11 is 0. The molecule has 0 aromatic heterocycles. The van der Waals surface area contributed by atoms with E-state index in [1.54, 1.807) is 0 Å². The zero-order valence-corrected chi connectivity index (χ0v) is 33.6. The molecule has 5 aliphatic heterocycles. The van der Waals surface area contributed by atoms with Crippen LogP contribution in [0.15, 0.2) is 0 Å². The van der Waals surface area contributed by atoms with Crippen molar-refractivity contribution in [3.05, 3.63) is 0 Å². The minimum absolute atomic E-state index is 0.730. The average Bonchev–Trinajstić information content (AvgIpc) is 3.24. The first-order valence-corrected chi connectivity index (χ1v) is 19.7. The number of aliphatic hydroxyl groups is 14. The summed E-state index contributed by atoms with van der Waals surface area (Å²) in [4.78, 5) is 28.1. The molecule has 63 heavy (non-hydrogen) atoms. The van der Waals surface area contributed by atoms with Gasteiger partial charge in [0, 0.05) is 13.8 Å². The third-order valence-corrected chi connectivity index (χ3v) is 11.2. The Hall–Kier alpha value is -2.06.